The van der Waals surface area contributed by atoms with E-state index in [0.717, 1.165) is 16.6 Å². The number of fused-ring (bicyclic) bond motifs is 1. The van der Waals surface area contributed by atoms with Crippen molar-refractivity contribution in [2.45, 2.75) is 18.2 Å². The number of nitrogens with one attached hydrogen (secondary N) is 1. The molecule has 1 amide bonds. The number of nitrogens with zero attached hydrogens (tertiary/aromatic N) is 1. The van der Waals surface area contributed by atoms with Gasteiger partial charge < -0.3 is 5.32 Å². The summed E-state index contributed by atoms with van der Waals surface area (Å²) < 4.78 is 1.08. The van der Waals surface area contributed by atoms with Crippen LogP contribution < -0.4 is 5.32 Å². The van der Waals surface area contributed by atoms with Crippen molar-refractivity contribution in [1.29, 1.82) is 0 Å². The number of anilines is 1. The van der Waals surface area contributed by atoms with Crippen molar-refractivity contribution in [1.82, 2.24) is 4.98 Å². The third kappa shape index (κ3) is 2.41. The molecule has 1 N–H and O–H groups in total. The summed E-state index contributed by atoms with van der Waals surface area (Å²) >= 11 is 4.80. The lowest BCUT2D eigenvalue weighted by Crippen LogP contribution is -2.21. The Morgan fingerprint density at radius 3 is 3.00 bits per heavy atom. The largest absolute Gasteiger partial charge is 0.301 e. The van der Waals surface area contributed by atoms with Gasteiger partial charge in [0.15, 0.2) is 5.13 Å². The number of hydrogen-bond acceptors (Lipinski definition) is 3. The number of hydrogen-bond donors (Lipinski definition) is 1. The minimum absolute atomic E-state index is 0.0402. The lowest BCUT2D eigenvalue weighted by molar-refractivity contribution is -0.115. The van der Waals surface area contributed by atoms with Crippen LogP contribution in [0.3, 0.4) is 0 Å². The standard InChI is InChI=1S/C11H11BrN2OS/c1-2-7(12)10(15)14-11-13-8-5-3-4-6-9(8)16-11/h3-7H,2H2,1H3,(H,13,14,15). The number of rotatable bonds is 3. The molecule has 1 heterocycles. The molecule has 84 valence electrons. The first kappa shape index (κ1) is 11.5. The van der Waals surface area contributed by atoms with E-state index in [1.807, 2.05) is 31.2 Å². The normalized spacial score (nSPS) is 12.6. The zero-order chi connectivity index (χ0) is 11.5. The van der Waals surface area contributed by atoms with E-state index in [1.54, 1.807) is 0 Å². The maximum Gasteiger partial charge on any atom is 0.239 e. The van der Waals surface area contributed by atoms with Crippen molar-refractivity contribution in [3.05, 3.63) is 24.3 Å². The molecule has 3 nitrogen and oxygen atoms in total. The van der Waals surface area contributed by atoms with Crippen molar-refractivity contribution in [2.24, 2.45) is 0 Å². The Hall–Kier alpha value is -0.940. The molecule has 1 aromatic heterocycles. The van der Waals surface area contributed by atoms with Crippen LogP contribution >= 0.6 is 27.3 Å². The number of aromatic nitrogens is 1. The summed E-state index contributed by atoms with van der Waals surface area (Å²) in [6, 6.07) is 7.83. The van der Waals surface area contributed by atoms with E-state index in [0.29, 0.717) is 5.13 Å². The van der Waals surface area contributed by atoms with Gasteiger partial charge in [0, 0.05) is 0 Å². The highest BCUT2D eigenvalue weighted by Gasteiger charge is 2.14. The molecule has 1 unspecified atom stereocenters. The fraction of sp³-hybridized carbons (Fsp3) is 0.273. The smallest absolute Gasteiger partial charge is 0.239 e. The van der Waals surface area contributed by atoms with Gasteiger partial charge in [-0.2, -0.15) is 0 Å². The minimum atomic E-state index is -0.153. The van der Waals surface area contributed by atoms with E-state index in [1.165, 1.54) is 11.3 Å². The van der Waals surface area contributed by atoms with Crippen molar-refractivity contribution >= 4 is 48.5 Å². The van der Waals surface area contributed by atoms with E-state index in [4.69, 9.17) is 0 Å². The van der Waals surface area contributed by atoms with E-state index in [9.17, 15) is 4.79 Å². The molecule has 2 aromatic rings. The summed E-state index contributed by atoms with van der Waals surface area (Å²) in [5, 5.41) is 3.46. The molecule has 1 aromatic carbocycles. The first-order valence-electron chi connectivity index (χ1n) is 5.01. The number of thiazole rings is 1. The van der Waals surface area contributed by atoms with Crippen LogP contribution in [-0.4, -0.2) is 15.7 Å². The minimum Gasteiger partial charge on any atom is -0.301 e. The lowest BCUT2D eigenvalue weighted by atomic mass is 10.3. The molecule has 0 fully saturated rings. The van der Waals surface area contributed by atoms with Gasteiger partial charge in [0.05, 0.1) is 15.0 Å². The molecule has 0 bridgehead atoms. The number of para-hydroxylation sites is 1. The number of alkyl halides is 1. The van der Waals surface area contributed by atoms with Gasteiger partial charge >= 0.3 is 0 Å². The Bertz CT molecular complexity index is 478. The summed E-state index contributed by atoms with van der Waals surface area (Å²) in [4.78, 5) is 15.8. The summed E-state index contributed by atoms with van der Waals surface area (Å²) in [5.41, 5.74) is 0.922. The van der Waals surface area contributed by atoms with E-state index >= 15 is 0 Å². The molecule has 0 radical (unpaired) electrons. The topological polar surface area (TPSA) is 42.0 Å². The van der Waals surface area contributed by atoms with Crippen LogP contribution in [0.4, 0.5) is 5.13 Å². The van der Waals surface area contributed by atoms with Crippen molar-refractivity contribution in [3.63, 3.8) is 0 Å². The predicted octanol–water partition coefficient (Wildman–Crippen LogP) is 3.41. The number of halogens is 1. The highest BCUT2D eigenvalue weighted by Crippen LogP contribution is 2.25. The van der Waals surface area contributed by atoms with Gasteiger partial charge in [-0.15, -0.1) is 0 Å². The van der Waals surface area contributed by atoms with Gasteiger partial charge in [-0.05, 0) is 18.6 Å². The van der Waals surface area contributed by atoms with E-state index in [2.05, 4.69) is 26.2 Å². The van der Waals surface area contributed by atoms with Crippen molar-refractivity contribution in [2.75, 3.05) is 5.32 Å². The number of carbonyl (C=O) groups is 1. The number of benzene rings is 1. The molecule has 0 aliphatic carbocycles. The molecule has 5 heteroatoms. The van der Waals surface area contributed by atoms with Gasteiger partial charge in [0.25, 0.3) is 0 Å². The SMILES string of the molecule is CCC(Br)C(=O)Nc1nc2ccccc2s1. The summed E-state index contributed by atoms with van der Waals surface area (Å²) in [6.45, 7) is 1.96. The second-order valence-electron chi connectivity index (χ2n) is 3.35. The fourth-order valence-corrected chi connectivity index (χ4v) is 2.28. The molecule has 16 heavy (non-hydrogen) atoms. The van der Waals surface area contributed by atoms with Gasteiger partial charge in [-0.3, -0.25) is 4.79 Å². The average molecular weight is 299 g/mol. The quantitative estimate of drug-likeness (QED) is 0.883. The summed E-state index contributed by atoms with van der Waals surface area (Å²) in [5.74, 6) is -0.0402. The van der Waals surface area contributed by atoms with Gasteiger partial charge in [0.2, 0.25) is 5.91 Å². The fourth-order valence-electron chi connectivity index (χ4n) is 1.29. The van der Waals surface area contributed by atoms with E-state index in [-0.39, 0.29) is 10.7 Å². The van der Waals surface area contributed by atoms with Crippen molar-refractivity contribution < 1.29 is 4.79 Å². The second kappa shape index (κ2) is 4.93. The molecule has 0 aliphatic rings. The Labute approximate surface area is 106 Å². The Morgan fingerprint density at radius 1 is 1.56 bits per heavy atom. The van der Waals surface area contributed by atoms with Crippen LogP contribution in [0.25, 0.3) is 10.2 Å². The monoisotopic (exact) mass is 298 g/mol. The van der Waals surface area contributed by atoms with Crippen LogP contribution in [-0.2, 0) is 4.79 Å². The third-order valence-corrected chi connectivity index (χ3v) is 4.18. The zero-order valence-electron chi connectivity index (χ0n) is 8.74. The second-order valence-corrected chi connectivity index (χ2v) is 5.49. The maximum absolute atomic E-state index is 11.6. The molecular weight excluding hydrogens is 288 g/mol. The van der Waals surface area contributed by atoms with E-state index < -0.39 is 0 Å². The van der Waals surface area contributed by atoms with Crippen LogP contribution in [0.15, 0.2) is 24.3 Å². The van der Waals surface area contributed by atoms with Gasteiger partial charge in [0.1, 0.15) is 0 Å². The highest BCUT2D eigenvalue weighted by molar-refractivity contribution is 9.10. The molecule has 0 saturated carbocycles. The van der Waals surface area contributed by atoms with Crippen molar-refractivity contribution in [3.8, 4) is 0 Å². The Balaban J connectivity index is 2.18. The van der Waals surface area contributed by atoms with Crippen LogP contribution in [0.1, 0.15) is 13.3 Å². The molecular formula is C11H11BrN2OS. The Kier molecular flexibility index (Phi) is 3.56. The predicted molar refractivity (Wildman–Crippen MR) is 71.3 cm³/mol. The van der Waals surface area contributed by atoms with Crippen LogP contribution in [0.5, 0.6) is 0 Å². The number of carbonyl (C=O) groups excluding carboxylic acids is 1. The zero-order valence-corrected chi connectivity index (χ0v) is 11.1. The third-order valence-electron chi connectivity index (χ3n) is 2.17. The molecule has 0 aliphatic heterocycles. The van der Waals surface area contributed by atoms with Crippen LogP contribution in [0, 0.1) is 0 Å². The average Bonchev–Trinajstić information content (AvgIpc) is 2.69. The molecule has 2 rings (SSSR count). The van der Waals surface area contributed by atoms with Gasteiger partial charge in [-0.25, -0.2) is 4.98 Å². The molecule has 0 saturated heterocycles. The number of amides is 1. The first-order chi connectivity index (χ1) is 7.70. The van der Waals surface area contributed by atoms with Crippen LogP contribution in [0.2, 0.25) is 0 Å². The molecule has 1 atom stereocenters. The first-order valence-corrected chi connectivity index (χ1v) is 6.74. The lowest BCUT2D eigenvalue weighted by Gasteiger charge is -2.04. The Morgan fingerprint density at radius 2 is 2.31 bits per heavy atom. The maximum atomic E-state index is 11.6. The summed E-state index contributed by atoms with van der Waals surface area (Å²) in [7, 11) is 0. The molecule has 0 spiro atoms. The highest BCUT2D eigenvalue weighted by atomic mass is 79.9. The summed E-state index contributed by atoms with van der Waals surface area (Å²) in [6.07, 6.45) is 0.761. The van der Waals surface area contributed by atoms with Gasteiger partial charge in [-0.1, -0.05) is 46.3 Å².